The zero-order chi connectivity index (χ0) is 46.9. The second kappa shape index (κ2) is 19.4. The Morgan fingerprint density at radius 3 is 2.13 bits per heavy atom. The number of ether oxygens (including phenoxy) is 1. The minimum absolute atomic E-state index is 0.0175. The van der Waals surface area contributed by atoms with Gasteiger partial charge >= 0.3 is 6.03 Å². The molecule has 0 spiro atoms. The second-order valence-electron chi connectivity index (χ2n) is 18.6. The molecule has 4 fully saturated rings. The molecule has 0 aliphatic carbocycles. The van der Waals surface area contributed by atoms with Gasteiger partial charge in [-0.25, -0.2) is 9.80 Å². The van der Waals surface area contributed by atoms with Crippen LogP contribution in [0.25, 0.3) is 11.1 Å². The van der Waals surface area contributed by atoms with Crippen molar-refractivity contribution in [1.82, 2.24) is 30.5 Å². The minimum atomic E-state index is -0.771. The van der Waals surface area contributed by atoms with Crippen LogP contribution in [-0.4, -0.2) is 128 Å². The highest BCUT2D eigenvalue weighted by atomic mass is 16.5. The predicted molar refractivity (Wildman–Crippen MR) is 257 cm³/mol. The summed E-state index contributed by atoms with van der Waals surface area (Å²) >= 11 is 0. The first-order chi connectivity index (χ1) is 32.4. The van der Waals surface area contributed by atoms with Crippen molar-refractivity contribution in [2.75, 3.05) is 86.8 Å². The maximum absolute atomic E-state index is 14.0. The molecule has 4 saturated heterocycles. The van der Waals surface area contributed by atoms with E-state index in [-0.39, 0.29) is 42.1 Å². The molecule has 5 aliphatic rings. The number of imide groups is 2. The number of nitrogens with one attached hydrogen (secondary N) is 3. The summed E-state index contributed by atoms with van der Waals surface area (Å²) in [4.78, 5) is 90.0. The van der Waals surface area contributed by atoms with Crippen molar-refractivity contribution in [3.8, 4) is 11.1 Å². The van der Waals surface area contributed by atoms with E-state index in [4.69, 9.17) is 4.74 Å². The van der Waals surface area contributed by atoms with Gasteiger partial charge in [-0.1, -0.05) is 12.1 Å². The van der Waals surface area contributed by atoms with Gasteiger partial charge in [0.2, 0.25) is 5.91 Å². The SMILES string of the molecule is CCN(c1cc(-c2ccc(N3CCN(CC4CCN(c5ccc6c(c5)C(=O)N(N5CCC(=O)NC5=O)C6=O)CC4)CC3)cc2)cc(C(=O)NCc2c(C)cc(C)[nH]c2=O)c1C)C1CCOCC1. The van der Waals surface area contributed by atoms with Gasteiger partial charge in [-0.3, -0.25) is 34.2 Å². The molecular formula is C51H61N9O7. The molecule has 16 heteroatoms. The van der Waals surface area contributed by atoms with Crippen LogP contribution in [0, 0.1) is 26.7 Å². The molecule has 6 amide bonds. The number of piperidine rings is 1. The molecule has 6 heterocycles. The molecular weight excluding hydrogens is 851 g/mol. The molecule has 4 aromatic rings. The Morgan fingerprint density at radius 2 is 1.45 bits per heavy atom. The third kappa shape index (κ3) is 9.41. The number of pyridine rings is 1. The quantitative estimate of drug-likeness (QED) is 0.156. The van der Waals surface area contributed by atoms with Crippen LogP contribution in [0.4, 0.5) is 21.9 Å². The van der Waals surface area contributed by atoms with E-state index in [0.717, 1.165) is 141 Å². The highest BCUT2D eigenvalue weighted by Gasteiger charge is 2.43. The number of urea groups is 1. The van der Waals surface area contributed by atoms with Crippen molar-refractivity contribution in [2.24, 2.45) is 5.92 Å². The van der Waals surface area contributed by atoms with Crippen LogP contribution in [0.5, 0.6) is 0 Å². The van der Waals surface area contributed by atoms with Crippen LogP contribution in [-0.2, 0) is 16.1 Å². The predicted octanol–water partition coefficient (Wildman–Crippen LogP) is 5.39. The van der Waals surface area contributed by atoms with E-state index in [1.165, 1.54) is 5.69 Å². The van der Waals surface area contributed by atoms with Gasteiger partial charge in [-0.15, -0.1) is 0 Å². The molecule has 3 aromatic carbocycles. The fraction of sp³-hybridized carbons (Fsp3) is 0.451. The normalized spacial score (nSPS) is 18.7. The molecule has 0 atom stereocenters. The third-order valence-electron chi connectivity index (χ3n) is 14.4. The van der Waals surface area contributed by atoms with Crippen LogP contribution < -0.4 is 30.9 Å². The molecule has 67 heavy (non-hydrogen) atoms. The van der Waals surface area contributed by atoms with Crippen molar-refractivity contribution in [1.29, 1.82) is 0 Å². The Kier molecular flexibility index (Phi) is 13.2. The van der Waals surface area contributed by atoms with E-state index >= 15 is 0 Å². The highest BCUT2D eigenvalue weighted by Crippen LogP contribution is 2.36. The average molecular weight is 912 g/mol. The highest BCUT2D eigenvalue weighted by molar-refractivity contribution is 6.22. The summed E-state index contributed by atoms with van der Waals surface area (Å²) in [6, 6.07) is 19.7. The number of fused-ring (bicyclic) bond motifs is 1. The van der Waals surface area contributed by atoms with Crippen molar-refractivity contribution in [3.05, 3.63) is 110 Å². The van der Waals surface area contributed by atoms with Crippen molar-refractivity contribution < 1.29 is 28.7 Å². The maximum atomic E-state index is 14.0. The molecule has 3 N–H and O–H groups in total. The Hall–Kier alpha value is -6.52. The number of rotatable bonds is 12. The zero-order valence-corrected chi connectivity index (χ0v) is 39.0. The van der Waals surface area contributed by atoms with Crippen molar-refractivity contribution >= 4 is 46.7 Å². The molecule has 5 aliphatic heterocycles. The number of amides is 6. The lowest BCUT2D eigenvalue weighted by Gasteiger charge is -2.40. The molecule has 1 aromatic heterocycles. The number of hydrazine groups is 1. The number of hydrogen-bond acceptors (Lipinski definition) is 11. The lowest BCUT2D eigenvalue weighted by Crippen LogP contribution is -2.58. The van der Waals surface area contributed by atoms with Crippen LogP contribution in [0.15, 0.2) is 65.5 Å². The fourth-order valence-corrected chi connectivity index (χ4v) is 10.6. The lowest BCUT2D eigenvalue weighted by molar-refractivity contribution is -0.122. The summed E-state index contributed by atoms with van der Waals surface area (Å²) < 4.78 is 5.71. The number of carbonyl (C=O) groups is 5. The van der Waals surface area contributed by atoms with Gasteiger partial charge in [0, 0.05) is 118 Å². The van der Waals surface area contributed by atoms with E-state index in [2.05, 4.69) is 72.5 Å². The minimum Gasteiger partial charge on any atom is -0.381 e. The molecule has 0 saturated carbocycles. The zero-order valence-electron chi connectivity index (χ0n) is 39.0. The van der Waals surface area contributed by atoms with E-state index in [0.29, 0.717) is 23.1 Å². The summed E-state index contributed by atoms with van der Waals surface area (Å²) in [5, 5.41) is 7.12. The van der Waals surface area contributed by atoms with Gasteiger partial charge < -0.3 is 29.7 Å². The number of H-pyrrole nitrogens is 1. The number of hydrogen-bond donors (Lipinski definition) is 3. The molecule has 352 valence electrons. The van der Waals surface area contributed by atoms with Gasteiger partial charge in [-0.05, 0) is 130 Å². The number of nitrogens with zero attached hydrogens (tertiary/aromatic N) is 6. The Labute approximate surface area is 391 Å². The molecule has 0 unspecified atom stereocenters. The summed E-state index contributed by atoms with van der Waals surface area (Å²) in [5.41, 5.74) is 9.16. The number of carbonyl (C=O) groups excluding carboxylic acids is 5. The molecule has 0 radical (unpaired) electrons. The fourth-order valence-electron chi connectivity index (χ4n) is 10.6. The van der Waals surface area contributed by atoms with Gasteiger partial charge in [0.25, 0.3) is 23.3 Å². The van der Waals surface area contributed by atoms with Crippen LogP contribution in [0.1, 0.15) is 92.5 Å². The second-order valence-corrected chi connectivity index (χ2v) is 18.6. The van der Waals surface area contributed by atoms with E-state index < -0.39 is 23.8 Å². The average Bonchev–Trinajstić information content (AvgIpc) is 3.57. The number of benzene rings is 3. The van der Waals surface area contributed by atoms with Gasteiger partial charge in [0.05, 0.1) is 17.7 Å². The third-order valence-corrected chi connectivity index (χ3v) is 14.4. The Morgan fingerprint density at radius 1 is 0.761 bits per heavy atom. The summed E-state index contributed by atoms with van der Waals surface area (Å²) in [6.45, 7) is 16.8. The van der Waals surface area contributed by atoms with E-state index in [1.54, 1.807) is 12.1 Å². The van der Waals surface area contributed by atoms with Crippen molar-refractivity contribution in [3.63, 3.8) is 0 Å². The van der Waals surface area contributed by atoms with Crippen LogP contribution in [0.2, 0.25) is 0 Å². The van der Waals surface area contributed by atoms with Gasteiger partial charge in [-0.2, -0.15) is 5.01 Å². The van der Waals surface area contributed by atoms with Crippen molar-refractivity contribution in [2.45, 2.75) is 72.4 Å². The topological polar surface area (TPSA) is 171 Å². The number of aromatic nitrogens is 1. The summed E-state index contributed by atoms with van der Waals surface area (Å²) in [5.74, 6) is -1.21. The first-order valence-electron chi connectivity index (χ1n) is 23.8. The number of aryl methyl sites for hydroxylation is 2. The van der Waals surface area contributed by atoms with Gasteiger partial charge in [0.1, 0.15) is 0 Å². The van der Waals surface area contributed by atoms with Gasteiger partial charge in [0.15, 0.2) is 0 Å². The summed E-state index contributed by atoms with van der Waals surface area (Å²) in [6.07, 6.45) is 3.90. The lowest BCUT2D eigenvalue weighted by atomic mass is 9.94. The Bertz CT molecular complexity index is 2630. The number of piperazine rings is 1. The number of aromatic amines is 1. The molecule has 0 bridgehead atoms. The van der Waals surface area contributed by atoms with E-state index in [9.17, 15) is 28.8 Å². The summed E-state index contributed by atoms with van der Waals surface area (Å²) in [7, 11) is 0. The monoisotopic (exact) mass is 911 g/mol. The first kappa shape index (κ1) is 45.6. The van der Waals surface area contributed by atoms with E-state index in [1.807, 2.05) is 39.0 Å². The van der Waals surface area contributed by atoms with Crippen LogP contribution in [0.3, 0.4) is 0 Å². The Balaban J connectivity index is 0.815. The molecule has 9 rings (SSSR count). The largest absolute Gasteiger partial charge is 0.381 e. The first-order valence-corrected chi connectivity index (χ1v) is 23.8. The smallest absolute Gasteiger partial charge is 0.343 e. The number of anilines is 3. The van der Waals surface area contributed by atoms with Crippen LogP contribution >= 0.6 is 0 Å². The molecule has 16 nitrogen and oxygen atoms in total. The maximum Gasteiger partial charge on any atom is 0.343 e. The standard InChI is InChI=1S/C51H61N9O7/c1-5-58(39-15-24-67-25-16-39)45-28-37(27-42(34(45)4)47(62)52-30-44-32(2)26-33(3)53-48(44)63)36-6-8-38(9-7-36)57-22-20-55(21-23-57)31-35-12-17-56(18-13-35)40-10-11-41-43(29-40)50(65)60(49(41)64)59-19-14-46(61)54-51(59)66/h6-11,26-29,35,39H,5,12-25,30-31H2,1-4H3,(H,52,62)(H,53,63)(H,54,61,66).